The molecule has 0 amide bonds. The van der Waals surface area contributed by atoms with Gasteiger partial charge >= 0.3 is 0 Å². The molecule has 1 aliphatic carbocycles. The molecule has 0 unspecified atom stereocenters. The van der Waals surface area contributed by atoms with Crippen LogP contribution in [0, 0.1) is 0 Å². The molecule has 0 radical (unpaired) electrons. The molecule has 0 atom stereocenters. The number of aromatic nitrogens is 5. The molecule has 0 spiro atoms. The van der Waals surface area contributed by atoms with E-state index in [1.165, 1.54) is 28.6 Å². The number of para-hydroxylation sites is 3. The number of hydrogen-bond acceptors (Lipinski definition) is 8. The first-order valence-corrected chi connectivity index (χ1v) is 20.0. The maximum absolute atomic E-state index is 6.60. The molecule has 0 fully saturated rings. The van der Waals surface area contributed by atoms with Crippen LogP contribution in [0.2, 0.25) is 0 Å². The van der Waals surface area contributed by atoms with Crippen LogP contribution in [0.4, 0.5) is 17.1 Å². The van der Waals surface area contributed by atoms with Crippen LogP contribution in [0.5, 0.6) is 34.8 Å². The quantitative estimate of drug-likeness (QED) is 0.175. The molecule has 10 aromatic rings. The lowest BCUT2D eigenvalue weighted by Crippen LogP contribution is -2.24. The fourth-order valence-electron chi connectivity index (χ4n) is 9.97. The Balaban J connectivity index is 0.936. The lowest BCUT2D eigenvalue weighted by atomic mass is 9.82. The third-order valence-electron chi connectivity index (χ3n) is 12.7. The summed E-state index contributed by atoms with van der Waals surface area (Å²) in [6.07, 6.45) is 1.47. The lowest BCUT2D eigenvalue weighted by Gasteiger charge is -2.40. The number of nitrogens with zero attached hydrogens (tertiary/aromatic N) is 6. The van der Waals surface area contributed by atoms with Crippen molar-refractivity contribution >= 4 is 49.8 Å². The van der Waals surface area contributed by atoms with E-state index >= 15 is 0 Å². The highest BCUT2D eigenvalue weighted by Crippen LogP contribution is 2.66. The van der Waals surface area contributed by atoms with Gasteiger partial charge in [0.2, 0.25) is 5.95 Å². The molecule has 6 heterocycles. The molecule has 0 bridgehead atoms. The average Bonchev–Trinajstić information content (AvgIpc) is 3.73. The molecule has 0 saturated carbocycles. The molecule has 14 rings (SSSR count). The zero-order valence-corrected chi connectivity index (χ0v) is 32.3. The summed E-state index contributed by atoms with van der Waals surface area (Å²) < 4.78 is 21.5. The predicted molar refractivity (Wildman–Crippen MR) is 233 cm³/mol. The summed E-state index contributed by atoms with van der Waals surface area (Å²) in [4.78, 5) is 21.7. The third-order valence-corrected chi connectivity index (χ3v) is 12.7. The number of hydrogen-bond donors (Lipinski definition) is 0. The van der Waals surface area contributed by atoms with E-state index in [4.69, 9.17) is 24.2 Å². The largest absolute Gasteiger partial charge is 0.453 e. The highest BCUT2D eigenvalue weighted by molar-refractivity contribution is 6.11. The minimum Gasteiger partial charge on any atom is -0.453 e. The van der Waals surface area contributed by atoms with Gasteiger partial charge in [0.05, 0.1) is 22.2 Å². The Kier molecular flexibility index (Phi) is 5.93. The molecular formula is C51H30N6O3. The van der Waals surface area contributed by atoms with Crippen molar-refractivity contribution in [1.82, 2.24) is 24.5 Å². The van der Waals surface area contributed by atoms with Crippen molar-refractivity contribution in [1.29, 1.82) is 0 Å². The second-order valence-corrected chi connectivity index (χ2v) is 16.3. The molecule has 9 nitrogen and oxygen atoms in total. The zero-order valence-electron chi connectivity index (χ0n) is 32.3. The van der Waals surface area contributed by atoms with Gasteiger partial charge in [-0.1, -0.05) is 98.8 Å². The van der Waals surface area contributed by atoms with Gasteiger partial charge in [-0.05, 0) is 88.0 Å². The molecule has 7 aromatic carbocycles. The van der Waals surface area contributed by atoms with Crippen molar-refractivity contribution in [2.45, 2.75) is 19.3 Å². The van der Waals surface area contributed by atoms with E-state index in [-0.39, 0.29) is 5.41 Å². The number of rotatable bonds is 3. The van der Waals surface area contributed by atoms with Gasteiger partial charge in [0, 0.05) is 27.1 Å². The summed E-state index contributed by atoms with van der Waals surface area (Å²) in [6, 6.07) is 48.9. The van der Waals surface area contributed by atoms with Crippen LogP contribution in [0.15, 0.2) is 146 Å². The standard InChI is InChI=1S/C51H30N6O3/c1-51(2)35-13-6-3-10-30(35)31-20-18-28(23-36(31)51)44-33-12-4-7-14-37(33)54-50(55-44)56-38-15-8-5-11-32(38)34-22-27(19-21-39(34)56)29-24-42-46-43(25-29)60-49-47-48(52-26-53-49)59-41-17-9-16-40(58-42)45(41)57(46)47/h3-26H,1-2H3. The van der Waals surface area contributed by atoms with Gasteiger partial charge in [0.1, 0.15) is 17.7 Å². The van der Waals surface area contributed by atoms with Crippen LogP contribution >= 0.6 is 0 Å². The van der Waals surface area contributed by atoms with Crippen molar-refractivity contribution in [3.8, 4) is 74.2 Å². The Labute approximate surface area is 342 Å². The highest BCUT2D eigenvalue weighted by atomic mass is 16.5. The molecular weight excluding hydrogens is 745 g/mol. The first kappa shape index (κ1) is 32.0. The van der Waals surface area contributed by atoms with Gasteiger partial charge in [-0.25, -0.2) is 9.97 Å². The van der Waals surface area contributed by atoms with E-state index in [0.717, 1.165) is 66.5 Å². The first-order valence-electron chi connectivity index (χ1n) is 20.0. The van der Waals surface area contributed by atoms with Crippen LogP contribution in [0.1, 0.15) is 25.0 Å². The summed E-state index contributed by atoms with van der Waals surface area (Å²) >= 11 is 0. The second-order valence-electron chi connectivity index (χ2n) is 16.3. The molecule has 3 aliphatic heterocycles. The van der Waals surface area contributed by atoms with E-state index in [1.54, 1.807) is 0 Å². The SMILES string of the molecule is CC1(C)c2ccccc2-c2ccc(-c3nc(-n4c5ccccc5c5cc(-c6cc7c8c(c6)Oc6ncnc9c6N8c6c(cccc6O9)O7)ccc54)nc4ccccc34)cc21. The molecule has 60 heavy (non-hydrogen) atoms. The fraction of sp³-hybridized carbons (Fsp3) is 0.0588. The van der Waals surface area contributed by atoms with Crippen LogP contribution in [-0.4, -0.2) is 24.5 Å². The number of benzene rings is 7. The van der Waals surface area contributed by atoms with Crippen molar-refractivity contribution in [2.24, 2.45) is 0 Å². The second kappa shape index (κ2) is 11.1. The van der Waals surface area contributed by atoms with Crippen LogP contribution < -0.4 is 19.1 Å². The van der Waals surface area contributed by atoms with Gasteiger partial charge < -0.3 is 14.2 Å². The van der Waals surface area contributed by atoms with Crippen molar-refractivity contribution < 1.29 is 14.2 Å². The maximum Gasteiger partial charge on any atom is 0.251 e. The topological polar surface area (TPSA) is 87.4 Å². The molecule has 4 aliphatic rings. The van der Waals surface area contributed by atoms with Crippen molar-refractivity contribution in [2.75, 3.05) is 4.90 Å². The minimum atomic E-state index is -0.134. The van der Waals surface area contributed by atoms with Crippen molar-refractivity contribution in [3.63, 3.8) is 0 Å². The molecule has 3 aromatic heterocycles. The Bertz CT molecular complexity index is 3510. The van der Waals surface area contributed by atoms with E-state index in [9.17, 15) is 0 Å². The van der Waals surface area contributed by atoms with Gasteiger partial charge in [-0.3, -0.25) is 9.47 Å². The molecule has 282 valence electrons. The van der Waals surface area contributed by atoms with E-state index in [1.807, 2.05) is 24.3 Å². The van der Waals surface area contributed by atoms with Crippen LogP contribution in [-0.2, 0) is 5.41 Å². The molecule has 0 N–H and O–H groups in total. The third kappa shape index (κ3) is 4.10. The first-order chi connectivity index (χ1) is 29.5. The number of anilines is 3. The fourth-order valence-corrected chi connectivity index (χ4v) is 9.97. The van der Waals surface area contributed by atoms with Crippen molar-refractivity contribution in [3.05, 3.63) is 157 Å². The summed E-state index contributed by atoms with van der Waals surface area (Å²) in [5.41, 5.74) is 14.2. The van der Waals surface area contributed by atoms with E-state index < -0.39 is 0 Å². The number of fused-ring (bicyclic) bond motifs is 7. The zero-order chi connectivity index (χ0) is 39.4. The number of ether oxygens (including phenoxy) is 3. The normalized spacial score (nSPS) is 14.3. The highest BCUT2D eigenvalue weighted by Gasteiger charge is 2.43. The smallest absolute Gasteiger partial charge is 0.251 e. The van der Waals surface area contributed by atoms with Gasteiger partial charge in [-0.2, -0.15) is 9.97 Å². The summed E-state index contributed by atoms with van der Waals surface area (Å²) in [7, 11) is 0. The molecule has 9 heteroatoms. The van der Waals surface area contributed by atoms with Gasteiger partial charge in [-0.15, -0.1) is 0 Å². The summed E-state index contributed by atoms with van der Waals surface area (Å²) in [6.45, 7) is 4.63. The van der Waals surface area contributed by atoms with Crippen LogP contribution in [0.25, 0.3) is 72.2 Å². The monoisotopic (exact) mass is 774 g/mol. The Morgan fingerprint density at radius 1 is 0.483 bits per heavy atom. The van der Waals surface area contributed by atoms with Gasteiger partial charge in [0.15, 0.2) is 28.7 Å². The lowest BCUT2D eigenvalue weighted by molar-refractivity contribution is 0.400. The van der Waals surface area contributed by atoms with E-state index in [2.05, 4.69) is 149 Å². The molecule has 0 saturated heterocycles. The predicted octanol–water partition coefficient (Wildman–Crippen LogP) is 12.9. The van der Waals surface area contributed by atoms with Gasteiger partial charge in [0.25, 0.3) is 11.8 Å². The summed E-state index contributed by atoms with van der Waals surface area (Å²) in [5.74, 6) is 4.16. The van der Waals surface area contributed by atoms with Crippen LogP contribution in [0.3, 0.4) is 0 Å². The summed E-state index contributed by atoms with van der Waals surface area (Å²) in [5, 5.41) is 3.20. The average molecular weight is 775 g/mol. The maximum atomic E-state index is 6.60. The Morgan fingerprint density at radius 2 is 1.17 bits per heavy atom. The Hall–Kier alpha value is -8.04. The minimum absolute atomic E-state index is 0.134. The Morgan fingerprint density at radius 3 is 2.05 bits per heavy atom. The van der Waals surface area contributed by atoms with E-state index in [0.29, 0.717) is 46.4 Å².